The number of aliphatic carboxylic acids is 1. The van der Waals surface area contributed by atoms with Crippen molar-refractivity contribution in [1.29, 1.82) is 0 Å². The Bertz CT molecular complexity index is 101. The standard InChI is InChI=1S/C6H12O2S/c1-5(6(7)8)4-9(2)3/h5H,4H2,1-3H3. The Morgan fingerprint density at radius 1 is 1.67 bits per heavy atom. The van der Waals surface area contributed by atoms with Gasteiger partial charge in [0.2, 0.25) is 0 Å². The van der Waals surface area contributed by atoms with E-state index in [1.165, 1.54) is 0 Å². The molecule has 0 heterocycles. The molecule has 2 nitrogen and oxygen atoms in total. The van der Waals surface area contributed by atoms with Crippen molar-refractivity contribution in [2.75, 3.05) is 18.3 Å². The molecular formula is C6H12O2S. The van der Waals surface area contributed by atoms with E-state index in [4.69, 9.17) is 0 Å². The first-order chi connectivity index (χ1) is 4.04. The number of carbonyl (C=O) groups is 1. The molecule has 0 radical (unpaired) electrons. The van der Waals surface area contributed by atoms with Gasteiger partial charge in [0, 0.05) is 11.9 Å². The second-order valence-electron chi connectivity index (χ2n) is 2.37. The fraction of sp³-hybridized carbons (Fsp3) is 0.833. The maximum absolute atomic E-state index is 10.1. The number of hydrogen-bond donors (Lipinski definition) is 0. The molecule has 0 aliphatic carbocycles. The van der Waals surface area contributed by atoms with Crippen molar-refractivity contribution in [1.82, 2.24) is 0 Å². The van der Waals surface area contributed by atoms with Crippen LogP contribution in [0.5, 0.6) is 0 Å². The summed E-state index contributed by atoms with van der Waals surface area (Å²) in [6, 6.07) is 0. The minimum Gasteiger partial charge on any atom is -0.550 e. The molecule has 1 atom stereocenters. The summed E-state index contributed by atoms with van der Waals surface area (Å²) in [6.07, 6.45) is 4.05. The third-order valence-corrected chi connectivity index (χ3v) is 2.15. The Kier molecular flexibility index (Phi) is 3.70. The smallest absolute Gasteiger partial charge is 0.115 e. The summed E-state index contributed by atoms with van der Waals surface area (Å²) in [5.74, 6) is -0.484. The van der Waals surface area contributed by atoms with Gasteiger partial charge in [-0.05, 0) is 10.9 Å². The Balaban J connectivity index is 3.50. The predicted octanol–water partition coefficient (Wildman–Crippen LogP) is -0.750. The van der Waals surface area contributed by atoms with Crippen LogP contribution in [0.1, 0.15) is 6.92 Å². The first kappa shape index (κ1) is 8.82. The Hall–Kier alpha value is -0.180. The van der Waals surface area contributed by atoms with Crippen LogP contribution in [0, 0.1) is 5.92 Å². The number of carboxylic acid groups (broad SMARTS) is 1. The highest BCUT2D eigenvalue weighted by Crippen LogP contribution is 1.97. The Morgan fingerprint density at radius 3 is 2.22 bits per heavy atom. The zero-order chi connectivity index (χ0) is 7.44. The van der Waals surface area contributed by atoms with E-state index in [9.17, 15) is 9.90 Å². The molecule has 0 amide bonds. The SMILES string of the molecule is CC(C[S+](C)C)C(=O)[O-]. The molecule has 54 valence electrons. The van der Waals surface area contributed by atoms with Crippen LogP contribution in [0.15, 0.2) is 0 Å². The quantitative estimate of drug-likeness (QED) is 0.494. The van der Waals surface area contributed by atoms with Gasteiger partial charge >= 0.3 is 0 Å². The largest absolute Gasteiger partial charge is 0.550 e. The Labute approximate surface area is 58.6 Å². The molecule has 0 aromatic rings. The molecule has 0 saturated carbocycles. The third kappa shape index (κ3) is 4.33. The fourth-order valence-corrected chi connectivity index (χ4v) is 1.70. The summed E-state index contributed by atoms with van der Waals surface area (Å²) in [7, 11) is 0.213. The third-order valence-electron chi connectivity index (χ3n) is 0.986. The molecule has 0 rings (SSSR count). The molecule has 0 aromatic heterocycles. The van der Waals surface area contributed by atoms with Crippen molar-refractivity contribution < 1.29 is 9.90 Å². The lowest BCUT2D eigenvalue weighted by Crippen LogP contribution is -2.33. The zero-order valence-electron chi connectivity index (χ0n) is 6.01. The number of rotatable bonds is 3. The fourth-order valence-electron chi connectivity index (χ4n) is 0.568. The minimum atomic E-state index is -0.934. The van der Waals surface area contributed by atoms with Gasteiger partial charge in [-0.1, -0.05) is 6.92 Å². The highest BCUT2D eigenvalue weighted by Gasteiger charge is 2.10. The van der Waals surface area contributed by atoms with E-state index in [0.717, 1.165) is 5.75 Å². The number of hydrogen-bond acceptors (Lipinski definition) is 2. The monoisotopic (exact) mass is 148 g/mol. The molecule has 0 N–H and O–H groups in total. The van der Waals surface area contributed by atoms with Crippen LogP contribution in [0.4, 0.5) is 0 Å². The van der Waals surface area contributed by atoms with E-state index in [-0.39, 0.29) is 16.8 Å². The zero-order valence-corrected chi connectivity index (χ0v) is 6.83. The normalized spacial score (nSPS) is 13.8. The van der Waals surface area contributed by atoms with Gasteiger partial charge in [0.05, 0.1) is 12.5 Å². The molecule has 3 heteroatoms. The van der Waals surface area contributed by atoms with Crippen molar-refractivity contribution in [3.63, 3.8) is 0 Å². The molecular weight excluding hydrogens is 136 g/mol. The maximum Gasteiger partial charge on any atom is 0.115 e. The van der Waals surface area contributed by atoms with E-state index in [0.29, 0.717) is 0 Å². The van der Waals surface area contributed by atoms with Crippen LogP contribution >= 0.6 is 0 Å². The van der Waals surface area contributed by atoms with Crippen molar-refractivity contribution in [2.45, 2.75) is 6.92 Å². The summed E-state index contributed by atoms with van der Waals surface area (Å²) in [5.41, 5.74) is 0. The first-order valence-corrected chi connectivity index (χ1v) is 5.00. The van der Waals surface area contributed by atoms with Crippen molar-refractivity contribution in [3.8, 4) is 0 Å². The van der Waals surface area contributed by atoms with E-state index in [1.807, 2.05) is 12.5 Å². The van der Waals surface area contributed by atoms with Crippen molar-refractivity contribution in [2.24, 2.45) is 5.92 Å². The lowest BCUT2D eigenvalue weighted by Gasteiger charge is -2.08. The molecule has 0 bridgehead atoms. The van der Waals surface area contributed by atoms with E-state index in [1.54, 1.807) is 6.92 Å². The Morgan fingerprint density at radius 2 is 2.11 bits per heavy atom. The summed E-state index contributed by atoms with van der Waals surface area (Å²) in [5, 5.41) is 10.1. The van der Waals surface area contributed by atoms with Crippen LogP contribution in [-0.2, 0) is 15.7 Å². The lowest BCUT2D eigenvalue weighted by atomic mass is 10.2. The van der Waals surface area contributed by atoms with Gasteiger partial charge in [-0.3, -0.25) is 0 Å². The summed E-state index contributed by atoms with van der Waals surface area (Å²) in [4.78, 5) is 10.1. The van der Waals surface area contributed by atoms with Gasteiger partial charge in [-0.25, -0.2) is 0 Å². The molecule has 0 aliphatic heterocycles. The van der Waals surface area contributed by atoms with E-state index < -0.39 is 5.97 Å². The number of carbonyl (C=O) groups excluding carboxylic acids is 1. The first-order valence-electron chi connectivity index (χ1n) is 2.79. The average molecular weight is 148 g/mol. The van der Waals surface area contributed by atoms with Crippen LogP contribution in [0.2, 0.25) is 0 Å². The van der Waals surface area contributed by atoms with Gasteiger partial charge in [-0.15, -0.1) is 0 Å². The van der Waals surface area contributed by atoms with Crippen molar-refractivity contribution >= 4 is 16.9 Å². The van der Waals surface area contributed by atoms with Crippen LogP contribution in [0.25, 0.3) is 0 Å². The average Bonchev–Trinajstić information content (AvgIpc) is 1.63. The van der Waals surface area contributed by atoms with Gasteiger partial charge in [0.15, 0.2) is 0 Å². The van der Waals surface area contributed by atoms with Gasteiger partial charge in [0.25, 0.3) is 0 Å². The minimum absolute atomic E-state index is 0.213. The highest BCUT2D eigenvalue weighted by molar-refractivity contribution is 7.95. The van der Waals surface area contributed by atoms with Gasteiger partial charge in [-0.2, -0.15) is 0 Å². The van der Waals surface area contributed by atoms with Gasteiger partial charge in [0.1, 0.15) is 5.75 Å². The van der Waals surface area contributed by atoms with Crippen LogP contribution in [0.3, 0.4) is 0 Å². The predicted molar refractivity (Wildman–Crippen MR) is 38.3 cm³/mol. The molecule has 0 aliphatic rings. The molecule has 0 spiro atoms. The van der Waals surface area contributed by atoms with Crippen LogP contribution in [-0.4, -0.2) is 24.2 Å². The maximum atomic E-state index is 10.1. The van der Waals surface area contributed by atoms with Gasteiger partial charge < -0.3 is 9.90 Å². The summed E-state index contributed by atoms with van der Waals surface area (Å²) >= 11 is 0. The summed E-state index contributed by atoms with van der Waals surface area (Å²) in [6.45, 7) is 1.68. The second kappa shape index (κ2) is 3.77. The van der Waals surface area contributed by atoms with Crippen LogP contribution < -0.4 is 5.11 Å². The molecule has 9 heavy (non-hydrogen) atoms. The summed E-state index contributed by atoms with van der Waals surface area (Å²) < 4.78 is 0. The second-order valence-corrected chi connectivity index (χ2v) is 4.68. The molecule has 0 saturated heterocycles. The van der Waals surface area contributed by atoms with Crippen molar-refractivity contribution in [3.05, 3.63) is 0 Å². The number of carboxylic acids is 1. The highest BCUT2D eigenvalue weighted by atomic mass is 32.2. The molecule has 1 unspecified atom stereocenters. The van der Waals surface area contributed by atoms with E-state index >= 15 is 0 Å². The topological polar surface area (TPSA) is 40.1 Å². The molecule has 0 fully saturated rings. The molecule has 0 aromatic carbocycles. The van der Waals surface area contributed by atoms with E-state index in [2.05, 4.69) is 0 Å². The lowest BCUT2D eigenvalue weighted by molar-refractivity contribution is -0.310.